The quantitative estimate of drug-likeness (QED) is 0.896. The van der Waals surface area contributed by atoms with Gasteiger partial charge in [-0.1, -0.05) is 51.8 Å². The van der Waals surface area contributed by atoms with Crippen LogP contribution in [0.2, 0.25) is 5.02 Å². The van der Waals surface area contributed by atoms with Crippen molar-refractivity contribution in [2.24, 2.45) is 5.73 Å². The second-order valence-corrected chi connectivity index (χ2v) is 5.35. The zero-order chi connectivity index (χ0) is 12.3. The van der Waals surface area contributed by atoms with E-state index in [1.165, 1.54) is 0 Å². The summed E-state index contributed by atoms with van der Waals surface area (Å²) in [6, 6.07) is 15.9. The summed E-state index contributed by atoms with van der Waals surface area (Å²) in [5, 5.41) is 0.754. The summed E-state index contributed by atoms with van der Waals surface area (Å²) in [6.07, 6.45) is 0.789. The van der Waals surface area contributed by atoms with Crippen molar-refractivity contribution in [1.29, 1.82) is 0 Å². The van der Waals surface area contributed by atoms with Crippen molar-refractivity contribution in [2.75, 3.05) is 0 Å². The highest BCUT2D eigenvalue weighted by molar-refractivity contribution is 9.10. The van der Waals surface area contributed by atoms with Crippen LogP contribution in [-0.2, 0) is 6.42 Å². The minimum atomic E-state index is -0.00836. The van der Waals surface area contributed by atoms with Crippen molar-refractivity contribution >= 4 is 27.5 Å². The molecular formula is C14H13BrClN. The fourth-order valence-corrected chi connectivity index (χ4v) is 2.40. The topological polar surface area (TPSA) is 26.0 Å². The van der Waals surface area contributed by atoms with E-state index < -0.39 is 0 Å². The maximum Gasteiger partial charge on any atom is 0.0408 e. The second kappa shape index (κ2) is 5.67. The maximum atomic E-state index is 6.18. The molecule has 0 saturated heterocycles. The standard InChI is InChI=1S/C14H13BrClN/c15-12-5-2-4-11(9-12)14(17)8-10-3-1-6-13(16)7-10/h1-7,9,14H,8,17H2. The predicted molar refractivity (Wildman–Crippen MR) is 76.2 cm³/mol. The van der Waals surface area contributed by atoms with Crippen LogP contribution in [0.25, 0.3) is 0 Å². The zero-order valence-corrected chi connectivity index (χ0v) is 11.6. The highest BCUT2D eigenvalue weighted by Crippen LogP contribution is 2.21. The average molecular weight is 311 g/mol. The highest BCUT2D eigenvalue weighted by atomic mass is 79.9. The van der Waals surface area contributed by atoms with Crippen LogP contribution in [0.1, 0.15) is 17.2 Å². The molecule has 0 saturated carbocycles. The fourth-order valence-electron chi connectivity index (χ4n) is 1.77. The Morgan fingerprint density at radius 1 is 1.12 bits per heavy atom. The van der Waals surface area contributed by atoms with Gasteiger partial charge in [0.25, 0.3) is 0 Å². The molecule has 3 heteroatoms. The lowest BCUT2D eigenvalue weighted by atomic mass is 10.00. The lowest BCUT2D eigenvalue weighted by Gasteiger charge is -2.12. The predicted octanol–water partition coefficient (Wildman–Crippen LogP) is 4.35. The Bertz CT molecular complexity index is 513. The van der Waals surface area contributed by atoms with Gasteiger partial charge in [0.15, 0.2) is 0 Å². The van der Waals surface area contributed by atoms with Crippen LogP contribution < -0.4 is 5.73 Å². The Balaban J connectivity index is 2.14. The van der Waals surface area contributed by atoms with Crippen LogP contribution in [0.4, 0.5) is 0 Å². The van der Waals surface area contributed by atoms with E-state index in [1.54, 1.807) is 0 Å². The molecular weight excluding hydrogens is 298 g/mol. The van der Waals surface area contributed by atoms with Crippen LogP contribution in [0, 0.1) is 0 Å². The first-order valence-electron chi connectivity index (χ1n) is 5.40. The molecule has 0 bridgehead atoms. The molecule has 0 aliphatic carbocycles. The number of benzene rings is 2. The number of hydrogen-bond donors (Lipinski definition) is 1. The molecule has 0 amide bonds. The lowest BCUT2D eigenvalue weighted by Crippen LogP contribution is -2.13. The molecule has 0 aliphatic rings. The Hall–Kier alpha value is -0.830. The molecule has 1 unspecified atom stereocenters. The van der Waals surface area contributed by atoms with Gasteiger partial charge in [-0.15, -0.1) is 0 Å². The zero-order valence-electron chi connectivity index (χ0n) is 9.24. The third-order valence-electron chi connectivity index (χ3n) is 2.62. The van der Waals surface area contributed by atoms with Crippen LogP contribution in [-0.4, -0.2) is 0 Å². The van der Waals surface area contributed by atoms with Crippen LogP contribution in [0.3, 0.4) is 0 Å². The van der Waals surface area contributed by atoms with Crippen LogP contribution in [0.15, 0.2) is 53.0 Å². The molecule has 1 atom stereocenters. The van der Waals surface area contributed by atoms with Gasteiger partial charge < -0.3 is 5.73 Å². The minimum absolute atomic E-state index is 0.00836. The normalized spacial score (nSPS) is 12.4. The minimum Gasteiger partial charge on any atom is -0.324 e. The summed E-state index contributed by atoms with van der Waals surface area (Å²) < 4.78 is 1.05. The number of halogens is 2. The van der Waals surface area contributed by atoms with Gasteiger partial charge in [0.2, 0.25) is 0 Å². The Morgan fingerprint density at radius 2 is 1.88 bits per heavy atom. The molecule has 0 aromatic heterocycles. The molecule has 0 aliphatic heterocycles. The third-order valence-corrected chi connectivity index (χ3v) is 3.35. The van der Waals surface area contributed by atoms with Crippen LogP contribution >= 0.6 is 27.5 Å². The van der Waals surface area contributed by atoms with E-state index in [9.17, 15) is 0 Å². The third kappa shape index (κ3) is 3.56. The Morgan fingerprint density at radius 3 is 2.59 bits per heavy atom. The van der Waals surface area contributed by atoms with E-state index in [1.807, 2.05) is 42.5 Å². The average Bonchev–Trinajstić information content (AvgIpc) is 2.29. The molecule has 1 nitrogen and oxygen atoms in total. The summed E-state index contributed by atoms with van der Waals surface area (Å²) in [6.45, 7) is 0. The van der Waals surface area contributed by atoms with E-state index in [2.05, 4.69) is 22.0 Å². The monoisotopic (exact) mass is 309 g/mol. The van der Waals surface area contributed by atoms with E-state index in [4.69, 9.17) is 17.3 Å². The number of rotatable bonds is 3. The molecule has 2 N–H and O–H groups in total. The van der Waals surface area contributed by atoms with E-state index in [-0.39, 0.29) is 6.04 Å². The van der Waals surface area contributed by atoms with Crippen molar-refractivity contribution in [3.8, 4) is 0 Å². The first-order valence-corrected chi connectivity index (χ1v) is 6.58. The number of nitrogens with two attached hydrogens (primary N) is 1. The van der Waals surface area contributed by atoms with E-state index in [0.717, 1.165) is 27.0 Å². The van der Waals surface area contributed by atoms with Gasteiger partial charge in [-0.3, -0.25) is 0 Å². The fraction of sp³-hybridized carbons (Fsp3) is 0.143. The van der Waals surface area contributed by atoms with Crippen molar-refractivity contribution < 1.29 is 0 Å². The molecule has 2 aromatic carbocycles. The molecule has 0 fully saturated rings. The van der Waals surface area contributed by atoms with Crippen LogP contribution in [0.5, 0.6) is 0 Å². The summed E-state index contributed by atoms with van der Waals surface area (Å²) in [5.74, 6) is 0. The van der Waals surface area contributed by atoms with Gasteiger partial charge >= 0.3 is 0 Å². The molecule has 2 aromatic rings. The maximum absolute atomic E-state index is 6.18. The second-order valence-electron chi connectivity index (χ2n) is 4.00. The smallest absolute Gasteiger partial charge is 0.0408 e. The van der Waals surface area contributed by atoms with Gasteiger partial charge in [-0.05, 0) is 41.8 Å². The molecule has 17 heavy (non-hydrogen) atoms. The van der Waals surface area contributed by atoms with Crippen molar-refractivity contribution in [2.45, 2.75) is 12.5 Å². The highest BCUT2D eigenvalue weighted by Gasteiger charge is 2.07. The summed E-state index contributed by atoms with van der Waals surface area (Å²) >= 11 is 9.40. The van der Waals surface area contributed by atoms with Crippen molar-refractivity contribution in [3.63, 3.8) is 0 Å². The summed E-state index contributed by atoms with van der Waals surface area (Å²) in [5.41, 5.74) is 8.46. The largest absolute Gasteiger partial charge is 0.324 e. The summed E-state index contributed by atoms with van der Waals surface area (Å²) in [7, 11) is 0. The molecule has 88 valence electrons. The van der Waals surface area contributed by atoms with E-state index >= 15 is 0 Å². The Labute approximate surface area is 115 Å². The van der Waals surface area contributed by atoms with Gasteiger partial charge in [-0.2, -0.15) is 0 Å². The van der Waals surface area contributed by atoms with Gasteiger partial charge in [-0.25, -0.2) is 0 Å². The van der Waals surface area contributed by atoms with Gasteiger partial charge in [0, 0.05) is 15.5 Å². The molecule has 0 heterocycles. The molecule has 2 rings (SSSR count). The molecule has 0 spiro atoms. The van der Waals surface area contributed by atoms with Gasteiger partial charge in [0.05, 0.1) is 0 Å². The van der Waals surface area contributed by atoms with Crippen molar-refractivity contribution in [3.05, 3.63) is 69.2 Å². The first kappa shape index (κ1) is 12.6. The number of hydrogen-bond acceptors (Lipinski definition) is 1. The molecule has 0 radical (unpaired) electrons. The van der Waals surface area contributed by atoms with Gasteiger partial charge in [0.1, 0.15) is 0 Å². The summed E-state index contributed by atoms with van der Waals surface area (Å²) in [4.78, 5) is 0. The van der Waals surface area contributed by atoms with Crippen molar-refractivity contribution in [1.82, 2.24) is 0 Å². The Kier molecular flexibility index (Phi) is 4.21. The SMILES string of the molecule is NC(Cc1cccc(Cl)c1)c1cccc(Br)c1. The first-order chi connectivity index (χ1) is 8.15. The lowest BCUT2D eigenvalue weighted by molar-refractivity contribution is 0.721. The van der Waals surface area contributed by atoms with E-state index in [0.29, 0.717) is 0 Å².